The predicted octanol–water partition coefficient (Wildman–Crippen LogP) is 6.27. The Morgan fingerprint density at radius 3 is 2.26 bits per heavy atom. The average molecular weight is 347 g/mol. The third-order valence-electron chi connectivity index (χ3n) is 4.30. The van der Waals surface area contributed by atoms with Gasteiger partial charge in [-0.1, -0.05) is 36.9 Å². The first-order valence-corrected chi connectivity index (χ1v) is 8.56. The molecule has 0 unspecified atom stereocenters. The minimum atomic E-state index is 0.817. The summed E-state index contributed by atoms with van der Waals surface area (Å²) >= 11 is 0. The summed E-state index contributed by atoms with van der Waals surface area (Å²) in [6.07, 6.45) is 3.69. The van der Waals surface area contributed by atoms with Gasteiger partial charge < -0.3 is 0 Å². The Bertz CT molecular complexity index is 1250. The van der Waals surface area contributed by atoms with Crippen molar-refractivity contribution in [2.75, 3.05) is 0 Å². The van der Waals surface area contributed by atoms with Gasteiger partial charge in [0.05, 0.1) is 22.4 Å². The largest absolute Gasteiger partial charge is 0.265 e. The van der Waals surface area contributed by atoms with Crippen molar-refractivity contribution < 1.29 is 0 Å². The van der Waals surface area contributed by atoms with Crippen molar-refractivity contribution in [2.45, 2.75) is 0 Å². The third kappa shape index (κ3) is 3.59. The molecule has 27 heavy (non-hydrogen) atoms. The van der Waals surface area contributed by atoms with E-state index >= 15 is 0 Å². The molecule has 4 aromatic rings. The summed E-state index contributed by atoms with van der Waals surface area (Å²) in [5.74, 6) is 0. The van der Waals surface area contributed by atoms with Crippen LogP contribution in [0.4, 0.5) is 11.4 Å². The van der Waals surface area contributed by atoms with Gasteiger partial charge in [0.2, 0.25) is 0 Å². The summed E-state index contributed by atoms with van der Waals surface area (Å²) in [6.45, 7) is 7.19. The van der Waals surface area contributed by atoms with E-state index in [4.69, 9.17) is 4.98 Å². The van der Waals surface area contributed by atoms with E-state index in [1.54, 1.807) is 0 Å². The fraction of sp³-hybridized carbons (Fsp3) is 0. The molecule has 0 aliphatic carbocycles. The van der Waals surface area contributed by atoms with E-state index in [9.17, 15) is 0 Å². The zero-order chi connectivity index (χ0) is 18.6. The van der Waals surface area contributed by atoms with Gasteiger partial charge in [-0.2, -0.15) is 0 Å². The molecule has 0 saturated heterocycles. The van der Waals surface area contributed by atoms with Gasteiger partial charge in [-0.3, -0.25) is 9.98 Å². The van der Waals surface area contributed by atoms with Crippen molar-refractivity contribution in [2.24, 2.45) is 9.98 Å². The van der Waals surface area contributed by atoms with Gasteiger partial charge in [0, 0.05) is 17.0 Å². The summed E-state index contributed by atoms with van der Waals surface area (Å²) in [7, 11) is 0. The van der Waals surface area contributed by atoms with Crippen molar-refractivity contribution in [1.82, 2.24) is 4.98 Å². The minimum absolute atomic E-state index is 0.817. The number of aromatic nitrogens is 1. The SMILES string of the molecule is C=C=Cc1cccc(C=Nc2ccc3cc4ccc(N=C)cc4nc3c2)c1. The fourth-order valence-electron chi connectivity index (χ4n) is 2.97. The van der Waals surface area contributed by atoms with Gasteiger partial charge in [-0.25, -0.2) is 4.98 Å². The molecule has 0 spiro atoms. The van der Waals surface area contributed by atoms with Gasteiger partial charge in [0.25, 0.3) is 0 Å². The average Bonchev–Trinajstić information content (AvgIpc) is 2.70. The molecular weight excluding hydrogens is 330 g/mol. The summed E-state index contributed by atoms with van der Waals surface area (Å²) in [5, 5.41) is 2.16. The van der Waals surface area contributed by atoms with Crippen LogP contribution in [0.25, 0.3) is 27.9 Å². The monoisotopic (exact) mass is 347 g/mol. The van der Waals surface area contributed by atoms with Gasteiger partial charge in [-0.05, 0) is 60.3 Å². The van der Waals surface area contributed by atoms with E-state index in [-0.39, 0.29) is 0 Å². The summed E-state index contributed by atoms with van der Waals surface area (Å²) in [4.78, 5) is 13.3. The molecule has 0 aliphatic heterocycles. The smallest absolute Gasteiger partial charge is 0.0731 e. The van der Waals surface area contributed by atoms with Crippen molar-refractivity contribution >= 4 is 52.2 Å². The molecule has 0 atom stereocenters. The molecule has 1 aromatic heterocycles. The standard InChI is InChI=1S/C24H17N3/c1-3-5-17-6-4-7-18(12-17)16-26-22-11-9-20-13-19-8-10-21(25-2)14-23(19)27-24(20)15-22/h4-16H,1-2H2. The molecule has 3 nitrogen and oxygen atoms in total. The normalized spacial score (nSPS) is 11.0. The van der Waals surface area contributed by atoms with Crippen molar-refractivity contribution in [1.29, 1.82) is 0 Å². The molecule has 0 amide bonds. The highest BCUT2D eigenvalue weighted by molar-refractivity contribution is 5.95. The van der Waals surface area contributed by atoms with Crippen LogP contribution in [-0.2, 0) is 0 Å². The quantitative estimate of drug-likeness (QED) is 0.243. The van der Waals surface area contributed by atoms with Crippen LogP contribution in [0.2, 0.25) is 0 Å². The molecule has 0 radical (unpaired) electrons. The first-order valence-electron chi connectivity index (χ1n) is 8.56. The predicted molar refractivity (Wildman–Crippen MR) is 116 cm³/mol. The van der Waals surface area contributed by atoms with Crippen molar-refractivity contribution in [3.8, 4) is 0 Å². The highest BCUT2D eigenvalue weighted by Crippen LogP contribution is 2.26. The number of hydrogen-bond acceptors (Lipinski definition) is 3. The topological polar surface area (TPSA) is 37.6 Å². The Morgan fingerprint density at radius 1 is 0.815 bits per heavy atom. The molecule has 0 aliphatic rings. The Hall–Kier alpha value is -3.81. The third-order valence-corrected chi connectivity index (χ3v) is 4.30. The number of aliphatic imine (C=N–C) groups is 2. The highest BCUT2D eigenvalue weighted by atomic mass is 14.7. The summed E-state index contributed by atoms with van der Waals surface area (Å²) < 4.78 is 0. The molecule has 0 fully saturated rings. The van der Waals surface area contributed by atoms with Crippen LogP contribution in [-0.4, -0.2) is 17.9 Å². The maximum absolute atomic E-state index is 4.76. The van der Waals surface area contributed by atoms with Gasteiger partial charge in [0.15, 0.2) is 0 Å². The lowest BCUT2D eigenvalue weighted by Crippen LogP contribution is -1.84. The maximum Gasteiger partial charge on any atom is 0.0731 e. The summed E-state index contributed by atoms with van der Waals surface area (Å²) in [6, 6.07) is 22.1. The van der Waals surface area contributed by atoms with Gasteiger partial charge in [-0.15, -0.1) is 5.73 Å². The molecule has 4 rings (SSSR count). The Labute approximate surface area is 157 Å². The second kappa shape index (κ2) is 7.20. The fourth-order valence-corrected chi connectivity index (χ4v) is 2.97. The number of nitrogens with zero attached hydrogens (tertiary/aromatic N) is 3. The number of benzene rings is 3. The lowest BCUT2D eigenvalue weighted by Gasteiger charge is -2.04. The van der Waals surface area contributed by atoms with Crippen LogP contribution in [0.5, 0.6) is 0 Å². The lowest BCUT2D eigenvalue weighted by molar-refractivity contribution is 1.46. The van der Waals surface area contributed by atoms with Crippen LogP contribution in [0, 0.1) is 0 Å². The Kier molecular flexibility index (Phi) is 4.44. The second-order valence-electron chi connectivity index (χ2n) is 6.18. The summed E-state index contributed by atoms with van der Waals surface area (Å²) in [5.41, 5.74) is 8.34. The maximum atomic E-state index is 4.76. The molecule has 3 heteroatoms. The van der Waals surface area contributed by atoms with Gasteiger partial charge in [0.1, 0.15) is 0 Å². The van der Waals surface area contributed by atoms with E-state index in [0.29, 0.717) is 0 Å². The number of fused-ring (bicyclic) bond motifs is 2. The zero-order valence-electron chi connectivity index (χ0n) is 14.8. The van der Waals surface area contributed by atoms with E-state index in [2.05, 4.69) is 35.1 Å². The van der Waals surface area contributed by atoms with Crippen LogP contribution in [0.1, 0.15) is 11.1 Å². The first-order chi connectivity index (χ1) is 13.2. The van der Waals surface area contributed by atoms with E-state index in [1.165, 1.54) is 0 Å². The van der Waals surface area contributed by atoms with Crippen LogP contribution < -0.4 is 0 Å². The zero-order valence-corrected chi connectivity index (χ0v) is 14.8. The van der Waals surface area contributed by atoms with Crippen molar-refractivity contribution in [3.05, 3.63) is 90.2 Å². The molecular formula is C24H17N3. The van der Waals surface area contributed by atoms with Crippen LogP contribution in [0.3, 0.4) is 0 Å². The lowest BCUT2D eigenvalue weighted by atomic mass is 10.1. The molecule has 0 N–H and O–H groups in total. The van der Waals surface area contributed by atoms with Crippen LogP contribution in [0.15, 0.2) is 89.0 Å². The Morgan fingerprint density at radius 2 is 1.52 bits per heavy atom. The van der Waals surface area contributed by atoms with Crippen molar-refractivity contribution in [3.63, 3.8) is 0 Å². The molecule has 3 aromatic carbocycles. The van der Waals surface area contributed by atoms with Gasteiger partial charge >= 0.3 is 0 Å². The van der Waals surface area contributed by atoms with Crippen LogP contribution >= 0.6 is 0 Å². The number of rotatable bonds is 4. The number of hydrogen-bond donors (Lipinski definition) is 0. The molecule has 0 bridgehead atoms. The second-order valence-corrected chi connectivity index (χ2v) is 6.18. The number of pyridine rings is 1. The highest BCUT2D eigenvalue weighted by Gasteiger charge is 2.02. The molecule has 1 heterocycles. The van der Waals surface area contributed by atoms with E-state index < -0.39 is 0 Å². The van der Waals surface area contributed by atoms with E-state index in [1.807, 2.05) is 73.0 Å². The molecule has 0 saturated carbocycles. The minimum Gasteiger partial charge on any atom is -0.265 e. The van der Waals surface area contributed by atoms with E-state index in [0.717, 1.165) is 44.3 Å². The Balaban J connectivity index is 1.71. The first kappa shape index (κ1) is 16.6. The molecule has 128 valence electrons.